The molecule has 0 aromatic carbocycles. The van der Waals surface area contributed by atoms with Crippen LogP contribution in [0.4, 0.5) is 0 Å². The zero-order valence-corrected chi connectivity index (χ0v) is 11.9. The summed E-state index contributed by atoms with van der Waals surface area (Å²) in [5.74, 6) is 1.17. The van der Waals surface area contributed by atoms with Gasteiger partial charge < -0.3 is 19.9 Å². The number of nitrogens with zero attached hydrogens (tertiary/aromatic N) is 4. The lowest BCUT2D eigenvalue weighted by molar-refractivity contribution is 0.0803. The molecule has 1 aliphatic heterocycles. The molecule has 2 unspecified atom stereocenters. The van der Waals surface area contributed by atoms with E-state index in [1.807, 2.05) is 0 Å². The van der Waals surface area contributed by atoms with Crippen molar-refractivity contribution in [2.45, 2.75) is 18.6 Å². The normalized spacial score (nSPS) is 24.3. The van der Waals surface area contributed by atoms with Gasteiger partial charge in [0.25, 0.3) is 5.89 Å². The molecule has 0 amide bonds. The van der Waals surface area contributed by atoms with Crippen LogP contribution in [0.5, 0.6) is 0 Å². The molecule has 19 heavy (non-hydrogen) atoms. The van der Waals surface area contributed by atoms with E-state index in [-0.39, 0.29) is 12.1 Å². The van der Waals surface area contributed by atoms with Gasteiger partial charge in [-0.25, -0.2) is 0 Å². The Balaban J connectivity index is 2.15. The Morgan fingerprint density at radius 3 is 2.95 bits per heavy atom. The van der Waals surface area contributed by atoms with E-state index < -0.39 is 0 Å². The van der Waals surface area contributed by atoms with Crippen LogP contribution in [-0.4, -0.2) is 67.3 Å². The lowest BCUT2D eigenvalue weighted by Crippen LogP contribution is -2.31. The minimum Gasteiger partial charge on any atom is -0.370 e. The molecular formula is C12H23N5O2. The highest BCUT2D eigenvalue weighted by molar-refractivity contribution is 4.99. The van der Waals surface area contributed by atoms with Crippen molar-refractivity contribution in [1.82, 2.24) is 19.9 Å². The van der Waals surface area contributed by atoms with Gasteiger partial charge >= 0.3 is 0 Å². The molecule has 0 radical (unpaired) electrons. The van der Waals surface area contributed by atoms with Gasteiger partial charge in [0.1, 0.15) is 6.10 Å². The minimum atomic E-state index is -0.324. The molecule has 0 aliphatic carbocycles. The van der Waals surface area contributed by atoms with Gasteiger partial charge in [0, 0.05) is 20.2 Å². The van der Waals surface area contributed by atoms with E-state index in [0.717, 1.165) is 26.1 Å². The van der Waals surface area contributed by atoms with Crippen LogP contribution in [-0.2, 0) is 4.74 Å². The van der Waals surface area contributed by atoms with Crippen LogP contribution in [0.15, 0.2) is 4.52 Å². The predicted octanol–water partition coefficient (Wildman–Crippen LogP) is 0.0242. The molecular weight excluding hydrogens is 246 g/mol. The van der Waals surface area contributed by atoms with Crippen LogP contribution in [0.2, 0.25) is 0 Å². The summed E-state index contributed by atoms with van der Waals surface area (Å²) in [5, 5.41) is 4.09. The van der Waals surface area contributed by atoms with E-state index in [1.54, 1.807) is 7.11 Å². The number of aromatic nitrogens is 2. The highest BCUT2D eigenvalue weighted by Gasteiger charge is 2.27. The fourth-order valence-corrected chi connectivity index (χ4v) is 2.36. The average molecular weight is 269 g/mol. The van der Waals surface area contributed by atoms with Gasteiger partial charge in [-0.2, -0.15) is 4.98 Å². The standard InChI is InChI=1S/C12H23N5O2/c1-16-5-4-6-17(2)9(8-16)11-14-12(19-15-11)10(7-13)18-3/h9-10H,4-8,13H2,1-3H3. The molecule has 7 heteroatoms. The molecule has 0 bridgehead atoms. The van der Waals surface area contributed by atoms with Crippen molar-refractivity contribution in [3.8, 4) is 0 Å². The summed E-state index contributed by atoms with van der Waals surface area (Å²) in [6.45, 7) is 3.35. The highest BCUT2D eigenvalue weighted by Crippen LogP contribution is 2.22. The predicted molar refractivity (Wildman–Crippen MR) is 70.6 cm³/mol. The number of methoxy groups -OCH3 is 1. The minimum absolute atomic E-state index is 0.153. The van der Waals surface area contributed by atoms with E-state index in [2.05, 4.69) is 34.0 Å². The molecule has 2 atom stereocenters. The molecule has 0 spiro atoms. The van der Waals surface area contributed by atoms with E-state index in [1.165, 1.54) is 0 Å². The first-order valence-electron chi connectivity index (χ1n) is 6.60. The van der Waals surface area contributed by atoms with Gasteiger partial charge in [-0.3, -0.25) is 4.90 Å². The molecule has 1 saturated heterocycles. The number of ether oxygens (including phenoxy) is 1. The lowest BCUT2D eigenvalue weighted by Gasteiger charge is -2.24. The molecule has 1 aliphatic rings. The number of nitrogens with two attached hydrogens (primary N) is 1. The highest BCUT2D eigenvalue weighted by atomic mass is 16.5. The second-order valence-corrected chi connectivity index (χ2v) is 5.06. The monoisotopic (exact) mass is 269 g/mol. The zero-order valence-electron chi connectivity index (χ0n) is 11.9. The van der Waals surface area contributed by atoms with Crippen molar-refractivity contribution >= 4 is 0 Å². The summed E-state index contributed by atoms with van der Waals surface area (Å²) in [5.41, 5.74) is 5.61. The Morgan fingerprint density at radius 2 is 2.26 bits per heavy atom. The van der Waals surface area contributed by atoms with E-state index in [0.29, 0.717) is 18.3 Å². The van der Waals surface area contributed by atoms with Crippen molar-refractivity contribution in [3.05, 3.63) is 11.7 Å². The summed E-state index contributed by atoms with van der Waals surface area (Å²) in [6.07, 6.45) is 0.826. The van der Waals surface area contributed by atoms with Crippen LogP contribution < -0.4 is 5.73 Å². The van der Waals surface area contributed by atoms with E-state index >= 15 is 0 Å². The van der Waals surface area contributed by atoms with Gasteiger partial charge in [0.15, 0.2) is 5.82 Å². The summed E-state index contributed by atoms with van der Waals surface area (Å²) >= 11 is 0. The number of likely N-dealkylation sites (N-methyl/N-ethyl adjacent to an activating group) is 2. The second kappa shape index (κ2) is 6.42. The Hall–Kier alpha value is -1.02. The first-order chi connectivity index (χ1) is 9.15. The van der Waals surface area contributed by atoms with Crippen LogP contribution in [0, 0.1) is 0 Å². The molecule has 1 fully saturated rings. The van der Waals surface area contributed by atoms with Gasteiger partial charge in [0.05, 0.1) is 6.04 Å². The molecule has 0 saturated carbocycles. The van der Waals surface area contributed by atoms with E-state index in [4.69, 9.17) is 15.0 Å². The van der Waals surface area contributed by atoms with Crippen LogP contribution in [0.1, 0.15) is 30.3 Å². The fourth-order valence-electron chi connectivity index (χ4n) is 2.36. The van der Waals surface area contributed by atoms with Crippen molar-refractivity contribution in [3.63, 3.8) is 0 Å². The number of hydrogen-bond donors (Lipinski definition) is 1. The molecule has 1 aromatic rings. The lowest BCUT2D eigenvalue weighted by atomic mass is 10.2. The van der Waals surface area contributed by atoms with E-state index in [9.17, 15) is 0 Å². The van der Waals surface area contributed by atoms with Gasteiger partial charge in [-0.05, 0) is 33.6 Å². The van der Waals surface area contributed by atoms with Crippen LogP contribution in [0.3, 0.4) is 0 Å². The Kier molecular flexibility index (Phi) is 4.87. The first-order valence-corrected chi connectivity index (χ1v) is 6.60. The second-order valence-electron chi connectivity index (χ2n) is 5.06. The SMILES string of the molecule is COC(CN)c1nc(C2CN(C)CCCN2C)no1. The summed E-state index contributed by atoms with van der Waals surface area (Å²) in [7, 11) is 5.80. The average Bonchev–Trinajstić information content (AvgIpc) is 2.80. The van der Waals surface area contributed by atoms with Crippen molar-refractivity contribution in [2.24, 2.45) is 5.73 Å². The largest absolute Gasteiger partial charge is 0.370 e. The number of rotatable bonds is 4. The first kappa shape index (κ1) is 14.4. The van der Waals surface area contributed by atoms with Crippen molar-refractivity contribution in [2.75, 3.05) is 47.4 Å². The topological polar surface area (TPSA) is 80.7 Å². The summed E-state index contributed by atoms with van der Waals surface area (Å²) < 4.78 is 10.5. The fraction of sp³-hybridized carbons (Fsp3) is 0.833. The third-order valence-corrected chi connectivity index (χ3v) is 3.60. The Labute approximate surface area is 113 Å². The summed E-state index contributed by atoms with van der Waals surface area (Å²) in [6, 6.07) is 0.153. The molecule has 2 N–H and O–H groups in total. The van der Waals surface area contributed by atoms with Crippen LogP contribution in [0.25, 0.3) is 0 Å². The maximum Gasteiger partial charge on any atom is 0.257 e. The smallest absolute Gasteiger partial charge is 0.257 e. The van der Waals surface area contributed by atoms with Gasteiger partial charge in [-0.15, -0.1) is 0 Å². The van der Waals surface area contributed by atoms with Crippen LogP contribution >= 0.6 is 0 Å². The maximum atomic E-state index is 5.61. The number of hydrogen-bond acceptors (Lipinski definition) is 7. The Morgan fingerprint density at radius 1 is 1.47 bits per heavy atom. The third-order valence-electron chi connectivity index (χ3n) is 3.60. The summed E-state index contributed by atoms with van der Waals surface area (Å²) in [4.78, 5) is 9.01. The van der Waals surface area contributed by atoms with Crippen molar-refractivity contribution in [1.29, 1.82) is 0 Å². The zero-order chi connectivity index (χ0) is 13.8. The molecule has 1 aromatic heterocycles. The van der Waals surface area contributed by atoms with Gasteiger partial charge in [-0.1, -0.05) is 5.16 Å². The molecule has 7 nitrogen and oxygen atoms in total. The Bertz CT molecular complexity index is 393. The molecule has 108 valence electrons. The third kappa shape index (κ3) is 3.30. The van der Waals surface area contributed by atoms with Gasteiger partial charge in [0.2, 0.25) is 0 Å². The molecule has 2 rings (SSSR count). The van der Waals surface area contributed by atoms with Crippen molar-refractivity contribution < 1.29 is 9.26 Å². The molecule has 2 heterocycles. The quantitative estimate of drug-likeness (QED) is 0.825. The maximum absolute atomic E-state index is 5.61.